The second-order valence-corrected chi connectivity index (χ2v) is 4.40. The Labute approximate surface area is 96.8 Å². The van der Waals surface area contributed by atoms with Gasteiger partial charge in [0, 0.05) is 6.54 Å². The number of likely N-dealkylation sites (tertiary alicyclic amines) is 1. The molecule has 0 bridgehead atoms. The fraction of sp³-hybridized carbons (Fsp3) is 0.900. The quantitative estimate of drug-likeness (QED) is 0.554. The number of carbonyl (C=O) groups excluding carboxylic acids is 1. The van der Waals surface area contributed by atoms with E-state index in [-0.39, 0.29) is 5.91 Å². The van der Waals surface area contributed by atoms with Gasteiger partial charge in [-0.1, -0.05) is 19.8 Å². The van der Waals surface area contributed by atoms with Gasteiger partial charge in [0.25, 0.3) is 0 Å². The molecule has 2 atom stereocenters. The lowest BCUT2D eigenvalue weighted by atomic mass is 9.77. The predicted molar refractivity (Wildman–Crippen MR) is 62.4 cm³/mol. The maximum absolute atomic E-state index is 11.9. The molecule has 0 radical (unpaired) electrons. The molecule has 0 unspecified atom stereocenters. The summed E-state index contributed by atoms with van der Waals surface area (Å²) in [6.07, 6.45) is 4.05. The summed E-state index contributed by atoms with van der Waals surface area (Å²) in [4.78, 5) is 13.5. The van der Waals surface area contributed by atoms with Crippen molar-refractivity contribution in [3.8, 4) is 0 Å². The van der Waals surface area contributed by atoms with E-state index >= 15 is 0 Å². The predicted octanol–water partition coefficient (Wildman–Crippen LogP) is -0.493. The third-order valence-corrected chi connectivity index (χ3v) is 3.11. The maximum Gasteiger partial charge on any atom is 0.475 e. The third kappa shape index (κ3) is 3.20. The van der Waals surface area contributed by atoms with E-state index in [1.54, 1.807) is 0 Å². The molecule has 5 nitrogen and oxygen atoms in total. The van der Waals surface area contributed by atoms with Crippen molar-refractivity contribution in [3.63, 3.8) is 0 Å². The van der Waals surface area contributed by atoms with Crippen LogP contribution in [-0.2, 0) is 4.79 Å². The standard InChI is InChI=1S/C10H21BN2O3/c1-2-3-5-8(12)10(14)13-7-4-6-9(13)11(15)16/h8-9,15-16H,2-7,12H2,1H3/t8-,9-/m0/s1. The first-order valence-corrected chi connectivity index (χ1v) is 6.00. The van der Waals surface area contributed by atoms with Crippen LogP contribution in [0.1, 0.15) is 39.0 Å². The normalized spacial score (nSPS) is 22.2. The van der Waals surface area contributed by atoms with E-state index in [1.807, 2.05) is 6.92 Å². The van der Waals surface area contributed by atoms with Crippen molar-refractivity contribution < 1.29 is 14.8 Å². The Morgan fingerprint density at radius 2 is 2.31 bits per heavy atom. The van der Waals surface area contributed by atoms with Gasteiger partial charge in [0.05, 0.1) is 12.0 Å². The van der Waals surface area contributed by atoms with Crippen molar-refractivity contribution in [2.75, 3.05) is 6.54 Å². The summed E-state index contributed by atoms with van der Waals surface area (Å²) in [7, 11) is -1.45. The van der Waals surface area contributed by atoms with Crippen LogP contribution in [0.25, 0.3) is 0 Å². The molecule has 0 aromatic rings. The molecule has 0 saturated carbocycles. The van der Waals surface area contributed by atoms with Crippen LogP contribution in [0.5, 0.6) is 0 Å². The first kappa shape index (κ1) is 13.5. The van der Waals surface area contributed by atoms with Crippen LogP contribution in [0.2, 0.25) is 0 Å². The zero-order chi connectivity index (χ0) is 12.1. The smallest absolute Gasteiger partial charge is 0.426 e. The van der Waals surface area contributed by atoms with Gasteiger partial charge in [0.2, 0.25) is 5.91 Å². The first-order chi connectivity index (χ1) is 7.57. The molecule has 0 spiro atoms. The number of nitrogens with zero attached hydrogens (tertiary/aromatic N) is 1. The summed E-state index contributed by atoms with van der Waals surface area (Å²) >= 11 is 0. The van der Waals surface area contributed by atoms with Crippen molar-refractivity contribution in [1.29, 1.82) is 0 Å². The van der Waals surface area contributed by atoms with E-state index in [1.165, 1.54) is 4.90 Å². The molecule has 16 heavy (non-hydrogen) atoms. The van der Waals surface area contributed by atoms with Gasteiger partial charge in [-0.05, 0) is 19.3 Å². The lowest BCUT2D eigenvalue weighted by molar-refractivity contribution is -0.132. The second-order valence-electron chi connectivity index (χ2n) is 4.40. The summed E-state index contributed by atoms with van der Waals surface area (Å²) in [5, 5.41) is 18.3. The molecule has 4 N–H and O–H groups in total. The second kappa shape index (κ2) is 6.22. The van der Waals surface area contributed by atoms with Crippen molar-refractivity contribution >= 4 is 13.0 Å². The number of hydrogen-bond acceptors (Lipinski definition) is 4. The van der Waals surface area contributed by atoms with Crippen LogP contribution in [0.15, 0.2) is 0 Å². The van der Waals surface area contributed by atoms with Gasteiger partial charge in [0.1, 0.15) is 0 Å². The van der Waals surface area contributed by atoms with Gasteiger partial charge in [-0.15, -0.1) is 0 Å². The molecule has 0 aromatic heterocycles. The van der Waals surface area contributed by atoms with Crippen LogP contribution >= 0.6 is 0 Å². The molecule has 1 heterocycles. The van der Waals surface area contributed by atoms with E-state index in [9.17, 15) is 4.79 Å². The van der Waals surface area contributed by atoms with Gasteiger partial charge < -0.3 is 20.7 Å². The number of nitrogens with two attached hydrogens (primary N) is 1. The third-order valence-electron chi connectivity index (χ3n) is 3.11. The molecule has 1 rings (SSSR count). The Hall–Kier alpha value is -0.585. The summed E-state index contributed by atoms with van der Waals surface area (Å²) in [5.41, 5.74) is 5.79. The maximum atomic E-state index is 11.9. The number of hydrogen-bond donors (Lipinski definition) is 3. The van der Waals surface area contributed by atoms with Crippen molar-refractivity contribution in [1.82, 2.24) is 4.90 Å². The fourth-order valence-corrected chi connectivity index (χ4v) is 2.14. The number of rotatable bonds is 5. The molecule has 6 heteroatoms. The Morgan fingerprint density at radius 3 is 2.88 bits per heavy atom. The van der Waals surface area contributed by atoms with Crippen LogP contribution in [0, 0.1) is 0 Å². The lowest BCUT2D eigenvalue weighted by Gasteiger charge is -2.26. The molecular weight excluding hydrogens is 207 g/mol. The summed E-state index contributed by atoms with van der Waals surface area (Å²) in [6, 6.07) is -0.501. The SMILES string of the molecule is CCCC[C@H](N)C(=O)N1CCC[C@H]1B(O)O. The summed E-state index contributed by atoms with van der Waals surface area (Å²) in [6.45, 7) is 2.63. The van der Waals surface area contributed by atoms with Crippen molar-refractivity contribution in [2.45, 2.75) is 51.0 Å². The molecule has 0 aliphatic carbocycles. The van der Waals surface area contributed by atoms with Gasteiger partial charge in [-0.25, -0.2) is 0 Å². The molecule has 1 fully saturated rings. The van der Waals surface area contributed by atoms with E-state index in [0.29, 0.717) is 19.4 Å². The van der Waals surface area contributed by atoms with Crippen LogP contribution in [0.3, 0.4) is 0 Å². The number of amides is 1. The Morgan fingerprint density at radius 1 is 1.62 bits per heavy atom. The average Bonchev–Trinajstić information content (AvgIpc) is 2.73. The number of carbonyl (C=O) groups is 1. The molecule has 0 aromatic carbocycles. The minimum absolute atomic E-state index is 0.149. The van der Waals surface area contributed by atoms with Gasteiger partial charge in [-0.2, -0.15) is 0 Å². The minimum Gasteiger partial charge on any atom is -0.426 e. The Bertz CT molecular complexity index is 238. The lowest BCUT2D eigenvalue weighted by Crippen LogP contribution is -2.51. The highest BCUT2D eigenvalue weighted by Gasteiger charge is 2.38. The zero-order valence-electron chi connectivity index (χ0n) is 9.80. The fourth-order valence-electron chi connectivity index (χ4n) is 2.14. The monoisotopic (exact) mass is 228 g/mol. The molecule has 1 aliphatic rings. The Balaban J connectivity index is 2.51. The van der Waals surface area contributed by atoms with Crippen molar-refractivity contribution in [2.24, 2.45) is 5.73 Å². The van der Waals surface area contributed by atoms with E-state index in [2.05, 4.69) is 0 Å². The molecule has 1 aliphatic heterocycles. The number of unbranched alkanes of at least 4 members (excludes halogenated alkanes) is 1. The zero-order valence-corrected chi connectivity index (χ0v) is 9.80. The van der Waals surface area contributed by atoms with E-state index in [0.717, 1.165) is 19.3 Å². The van der Waals surface area contributed by atoms with Gasteiger partial charge in [-0.3, -0.25) is 4.79 Å². The van der Waals surface area contributed by atoms with Crippen molar-refractivity contribution in [3.05, 3.63) is 0 Å². The average molecular weight is 228 g/mol. The van der Waals surface area contributed by atoms with Crippen LogP contribution in [0.4, 0.5) is 0 Å². The summed E-state index contributed by atoms with van der Waals surface area (Å²) < 4.78 is 0. The molecule has 1 amide bonds. The van der Waals surface area contributed by atoms with Crippen LogP contribution < -0.4 is 5.73 Å². The Kier molecular flexibility index (Phi) is 5.24. The van der Waals surface area contributed by atoms with E-state index in [4.69, 9.17) is 15.8 Å². The molecule has 92 valence electrons. The summed E-state index contributed by atoms with van der Waals surface area (Å²) in [5.74, 6) is -0.621. The first-order valence-electron chi connectivity index (χ1n) is 6.00. The largest absolute Gasteiger partial charge is 0.475 e. The topological polar surface area (TPSA) is 86.8 Å². The highest BCUT2D eigenvalue weighted by Crippen LogP contribution is 2.19. The van der Waals surface area contributed by atoms with Gasteiger partial charge >= 0.3 is 7.12 Å². The highest BCUT2D eigenvalue weighted by molar-refractivity contribution is 6.43. The van der Waals surface area contributed by atoms with Crippen LogP contribution in [-0.4, -0.2) is 46.5 Å². The highest BCUT2D eigenvalue weighted by atomic mass is 16.4. The van der Waals surface area contributed by atoms with E-state index < -0.39 is 19.1 Å². The molecular formula is C10H21BN2O3. The molecule has 1 saturated heterocycles. The minimum atomic E-state index is -1.45. The van der Waals surface area contributed by atoms with Gasteiger partial charge in [0.15, 0.2) is 0 Å².